The van der Waals surface area contributed by atoms with E-state index in [4.69, 9.17) is 9.05 Å². The fraction of sp³-hybridized carbons (Fsp3) is 0.625. The second-order valence-corrected chi connectivity index (χ2v) is 6.38. The Hall–Kier alpha value is -2.26. The Kier molecular flexibility index (Phi) is 5.77. The standard InChI is InChI=1S/C16H24N6O3/c1-11-8-14(20-24-11)19-16(23)5-6-17-13-4-3-7-22(9-13)10-15-18-12(2)25-21-15/h8,13,17H,3-7,9-10H2,1-2H3,(H,19,20,23). The molecule has 1 unspecified atom stereocenters. The molecule has 3 rings (SSSR count). The first-order chi connectivity index (χ1) is 12.1. The highest BCUT2D eigenvalue weighted by atomic mass is 16.5. The first kappa shape index (κ1) is 17.6. The molecule has 0 radical (unpaired) electrons. The maximum Gasteiger partial charge on any atom is 0.226 e. The monoisotopic (exact) mass is 348 g/mol. The van der Waals surface area contributed by atoms with Crippen molar-refractivity contribution in [3.63, 3.8) is 0 Å². The molecule has 1 aliphatic heterocycles. The summed E-state index contributed by atoms with van der Waals surface area (Å²) in [6.07, 6.45) is 2.61. The number of hydrogen-bond acceptors (Lipinski definition) is 8. The molecule has 9 heteroatoms. The van der Waals surface area contributed by atoms with Gasteiger partial charge in [-0.2, -0.15) is 4.98 Å². The number of aromatic nitrogens is 3. The molecule has 0 bridgehead atoms. The summed E-state index contributed by atoms with van der Waals surface area (Å²) < 4.78 is 9.94. The van der Waals surface area contributed by atoms with Crippen molar-refractivity contribution in [1.82, 2.24) is 25.5 Å². The van der Waals surface area contributed by atoms with E-state index in [1.807, 2.05) is 0 Å². The lowest BCUT2D eigenvalue weighted by atomic mass is 10.1. The van der Waals surface area contributed by atoms with Crippen molar-refractivity contribution in [2.75, 3.05) is 25.0 Å². The van der Waals surface area contributed by atoms with E-state index in [9.17, 15) is 4.79 Å². The largest absolute Gasteiger partial charge is 0.360 e. The highest BCUT2D eigenvalue weighted by Gasteiger charge is 2.21. The Morgan fingerprint density at radius 2 is 2.24 bits per heavy atom. The molecular formula is C16H24N6O3. The number of rotatable bonds is 7. The molecule has 1 saturated heterocycles. The fourth-order valence-corrected chi connectivity index (χ4v) is 2.99. The number of amides is 1. The molecule has 2 N–H and O–H groups in total. The van der Waals surface area contributed by atoms with Gasteiger partial charge >= 0.3 is 0 Å². The number of carbonyl (C=O) groups is 1. The number of carbonyl (C=O) groups excluding carboxylic acids is 1. The van der Waals surface area contributed by atoms with Crippen molar-refractivity contribution in [2.45, 2.75) is 45.7 Å². The van der Waals surface area contributed by atoms with Crippen LogP contribution in [0.1, 0.15) is 36.7 Å². The van der Waals surface area contributed by atoms with Crippen LogP contribution in [0, 0.1) is 13.8 Å². The van der Waals surface area contributed by atoms with Crippen LogP contribution < -0.4 is 10.6 Å². The summed E-state index contributed by atoms with van der Waals surface area (Å²) in [6.45, 7) is 6.84. The van der Waals surface area contributed by atoms with E-state index in [-0.39, 0.29) is 5.91 Å². The van der Waals surface area contributed by atoms with Crippen LogP contribution in [0.4, 0.5) is 5.82 Å². The Morgan fingerprint density at radius 1 is 1.36 bits per heavy atom. The SMILES string of the molecule is Cc1cc(NC(=O)CCNC2CCCN(Cc3noc(C)n3)C2)no1. The predicted molar refractivity (Wildman–Crippen MR) is 89.8 cm³/mol. The van der Waals surface area contributed by atoms with Gasteiger partial charge in [0.05, 0.1) is 6.54 Å². The van der Waals surface area contributed by atoms with E-state index >= 15 is 0 Å². The van der Waals surface area contributed by atoms with Crippen molar-refractivity contribution in [1.29, 1.82) is 0 Å². The minimum Gasteiger partial charge on any atom is -0.360 e. The summed E-state index contributed by atoms with van der Waals surface area (Å²) in [6, 6.07) is 2.06. The van der Waals surface area contributed by atoms with Gasteiger partial charge in [0.2, 0.25) is 11.8 Å². The molecule has 1 fully saturated rings. The summed E-state index contributed by atoms with van der Waals surface area (Å²) >= 11 is 0. The molecule has 9 nitrogen and oxygen atoms in total. The molecule has 1 atom stereocenters. The van der Waals surface area contributed by atoms with Crippen LogP contribution in [0.25, 0.3) is 0 Å². The van der Waals surface area contributed by atoms with Gasteiger partial charge < -0.3 is 19.7 Å². The molecule has 0 aromatic carbocycles. The van der Waals surface area contributed by atoms with E-state index in [1.54, 1.807) is 19.9 Å². The Bertz CT molecular complexity index is 698. The van der Waals surface area contributed by atoms with Crippen LogP contribution in [-0.4, -0.2) is 51.8 Å². The molecule has 1 amide bonds. The Balaban J connectivity index is 1.37. The number of piperidine rings is 1. The molecule has 1 aliphatic rings. The number of nitrogens with one attached hydrogen (secondary N) is 2. The van der Waals surface area contributed by atoms with Crippen molar-refractivity contribution >= 4 is 11.7 Å². The summed E-state index contributed by atoms with van der Waals surface area (Å²) in [7, 11) is 0. The zero-order chi connectivity index (χ0) is 17.6. The van der Waals surface area contributed by atoms with Gasteiger partial charge in [-0.05, 0) is 26.3 Å². The third kappa shape index (κ3) is 5.36. The van der Waals surface area contributed by atoms with Crippen LogP contribution in [0.3, 0.4) is 0 Å². The quantitative estimate of drug-likeness (QED) is 0.769. The first-order valence-electron chi connectivity index (χ1n) is 8.56. The molecule has 0 aliphatic carbocycles. The number of likely N-dealkylation sites (tertiary alicyclic amines) is 1. The Morgan fingerprint density at radius 3 is 2.96 bits per heavy atom. The van der Waals surface area contributed by atoms with Gasteiger partial charge in [-0.25, -0.2) is 0 Å². The summed E-state index contributed by atoms with van der Waals surface area (Å²) in [5, 5.41) is 13.9. The fourth-order valence-electron chi connectivity index (χ4n) is 2.99. The lowest BCUT2D eigenvalue weighted by Crippen LogP contribution is -2.46. The van der Waals surface area contributed by atoms with Crippen LogP contribution in [0.15, 0.2) is 15.1 Å². The second kappa shape index (κ2) is 8.21. The maximum atomic E-state index is 11.9. The minimum atomic E-state index is -0.0734. The normalized spacial score (nSPS) is 18.4. The number of anilines is 1. The average molecular weight is 348 g/mol. The molecule has 2 aromatic heterocycles. The molecule has 2 aromatic rings. The minimum absolute atomic E-state index is 0.0734. The van der Waals surface area contributed by atoms with E-state index in [2.05, 4.69) is 30.8 Å². The van der Waals surface area contributed by atoms with Gasteiger partial charge in [-0.3, -0.25) is 9.69 Å². The van der Waals surface area contributed by atoms with Crippen molar-refractivity contribution in [3.8, 4) is 0 Å². The van der Waals surface area contributed by atoms with Gasteiger partial charge in [0.15, 0.2) is 11.6 Å². The van der Waals surface area contributed by atoms with Gasteiger partial charge in [0.1, 0.15) is 5.76 Å². The zero-order valence-electron chi connectivity index (χ0n) is 14.6. The third-order valence-corrected chi connectivity index (χ3v) is 4.12. The number of aryl methyl sites for hydroxylation is 2. The van der Waals surface area contributed by atoms with Crippen LogP contribution in [0.2, 0.25) is 0 Å². The van der Waals surface area contributed by atoms with E-state index < -0.39 is 0 Å². The molecule has 0 spiro atoms. The highest BCUT2D eigenvalue weighted by Crippen LogP contribution is 2.13. The van der Waals surface area contributed by atoms with Crippen molar-refractivity contribution in [2.24, 2.45) is 0 Å². The number of nitrogens with zero attached hydrogens (tertiary/aromatic N) is 4. The van der Waals surface area contributed by atoms with Crippen LogP contribution in [-0.2, 0) is 11.3 Å². The van der Waals surface area contributed by atoms with Crippen molar-refractivity contribution in [3.05, 3.63) is 23.5 Å². The molecule has 3 heterocycles. The lowest BCUT2D eigenvalue weighted by Gasteiger charge is -2.32. The summed E-state index contributed by atoms with van der Waals surface area (Å²) in [5.74, 6) is 2.38. The molecule has 25 heavy (non-hydrogen) atoms. The lowest BCUT2D eigenvalue weighted by molar-refractivity contribution is -0.116. The van der Waals surface area contributed by atoms with Gasteiger partial charge in [-0.15, -0.1) is 0 Å². The zero-order valence-corrected chi connectivity index (χ0v) is 14.6. The van der Waals surface area contributed by atoms with E-state index in [1.165, 1.54) is 0 Å². The topological polar surface area (TPSA) is 109 Å². The maximum absolute atomic E-state index is 11.9. The smallest absolute Gasteiger partial charge is 0.226 e. The number of hydrogen-bond donors (Lipinski definition) is 2. The van der Waals surface area contributed by atoms with Crippen LogP contribution in [0.5, 0.6) is 0 Å². The van der Waals surface area contributed by atoms with Gasteiger partial charge in [0.25, 0.3) is 0 Å². The highest BCUT2D eigenvalue weighted by molar-refractivity contribution is 5.89. The second-order valence-electron chi connectivity index (χ2n) is 6.38. The molecule has 136 valence electrons. The average Bonchev–Trinajstić information content (AvgIpc) is 3.16. The van der Waals surface area contributed by atoms with Crippen molar-refractivity contribution < 1.29 is 13.8 Å². The third-order valence-electron chi connectivity index (χ3n) is 4.12. The summed E-state index contributed by atoms with van der Waals surface area (Å²) in [5.41, 5.74) is 0. The van der Waals surface area contributed by atoms with Gasteiger partial charge in [-0.1, -0.05) is 10.3 Å². The molecule has 0 saturated carbocycles. The van der Waals surface area contributed by atoms with Gasteiger partial charge in [0, 0.05) is 38.5 Å². The first-order valence-corrected chi connectivity index (χ1v) is 8.56. The Labute approximate surface area is 146 Å². The van der Waals surface area contributed by atoms with Crippen LogP contribution >= 0.6 is 0 Å². The van der Waals surface area contributed by atoms with E-state index in [0.717, 1.165) is 31.8 Å². The molecular weight excluding hydrogens is 324 g/mol. The summed E-state index contributed by atoms with van der Waals surface area (Å²) in [4.78, 5) is 18.5. The van der Waals surface area contributed by atoms with E-state index in [0.29, 0.717) is 43.0 Å². The predicted octanol–water partition coefficient (Wildman–Crippen LogP) is 1.26.